The summed E-state index contributed by atoms with van der Waals surface area (Å²) in [6.45, 7) is 16.5. The number of hydrogen-bond acceptors (Lipinski definition) is 6. The van der Waals surface area contributed by atoms with E-state index in [0.717, 1.165) is 82.3 Å². The number of aliphatic hydroxyl groups is 1. The molecule has 2 aromatic heterocycles. The molecule has 1 atom stereocenters. The fourth-order valence-corrected chi connectivity index (χ4v) is 6.32. The molecule has 212 valence electrons. The highest BCUT2D eigenvalue weighted by Crippen LogP contribution is 2.39. The minimum absolute atomic E-state index is 0.334. The average Bonchev–Trinajstić information content (AvgIpc) is 3.28. The lowest BCUT2D eigenvalue weighted by Gasteiger charge is -2.36. The second-order valence-electron chi connectivity index (χ2n) is 12.5. The maximum Gasteiger partial charge on any atom is 0.224 e. The molecule has 2 aliphatic rings. The summed E-state index contributed by atoms with van der Waals surface area (Å²) in [5, 5.41) is 15.2. The fourth-order valence-electron chi connectivity index (χ4n) is 6.32. The van der Waals surface area contributed by atoms with Crippen molar-refractivity contribution in [3.8, 4) is 11.1 Å². The molecule has 0 unspecified atom stereocenters. The first kappa shape index (κ1) is 28.1. The molecule has 3 heterocycles. The van der Waals surface area contributed by atoms with Gasteiger partial charge in [-0.2, -0.15) is 4.98 Å². The minimum atomic E-state index is -0.559. The maximum absolute atomic E-state index is 10.6. The molecular weight excluding hydrogens is 484 g/mol. The lowest BCUT2D eigenvalue weighted by Crippen LogP contribution is -2.48. The molecule has 1 saturated heterocycles. The van der Waals surface area contributed by atoms with Gasteiger partial charge in [0.05, 0.1) is 5.60 Å². The SMILES string of the molecule is CCC[C@@H](C)Nc1ncc2c(-c3ccc(CN4CCN(C(C)C)CC4)cc3)cn([C@H]3CC[C@](C)(O)CC3)c2n1. The van der Waals surface area contributed by atoms with Gasteiger partial charge in [0.1, 0.15) is 5.65 Å². The molecule has 2 fully saturated rings. The van der Waals surface area contributed by atoms with Crippen LogP contribution in [-0.4, -0.2) is 73.3 Å². The zero-order chi connectivity index (χ0) is 27.6. The van der Waals surface area contributed by atoms with Gasteiger partial charge in [-0.3, -0.25) is 9.80 Å². The van der Waals surface area contributed by atoms with Gasteiger partial charge in [-0.05, 0) is 70.9 Å². The van der Waals surface area contributed by atoms with Gasteiger partial charge in [-0.1, -0.05) is 37.6 Å². The summed E-state index contributed by atoms with van der Waals surface area (Å²) in [4.78, 5) is 14.9. The van der Waals surface area contributed by atoms with E-state index >= 15 is 0 Å². The van der Waals surface area contributed by atoms with Crippen molar-refractivity contribution in [2.75, 3.05) is 31.5 Å². The number of anilines is 1. The van der Waals surface area contributed by atoms with Gasteiger partial charge < -0.3 is 15.0 Å². The van der Waals surface area contributed by atoms with Crippen molar-refractivity contribution in [2.45, 2.75) is 103 Å². The Morgan fingerprint density at radius 3 is 2.38 bits per heavy atom. The zero-order valence-electron chi connectivity index (χ0n) is 24.7. The van der Waals surface area contributed by atoms with Gasteiger partial charge >= 0.3 is 0 Å². The lowest BCUT2D eigenvalue weighted by atomic mass is 9.83. The minimum Gasteiger partial charge on any atom is -0.390 e. The first-order valence-electron chi connectivity index (χ1n) is 15.1. The van der Waals surface area contributed by atoms with Gasteiger partial charge in [0.25, 0.3) is 0 Å². The molecule has 7 nitrogen and oxygen atoms in total. The third-order valence-corrected chi connectivity index (χ3v) is 8.90. The van der Waals surface area contributed by atoms with E-state index in [4.69, 9.17) is 9.97 Å². The van der Waals surface area contributed by atoms with E-state index in [1.54, 1.807) is 0 Å². The Hall–Kier alpha value is -2.48. The van der Waals surface area contributed by atoms with Crippen molar-refractivity contribution in [1.29, 1.82) is 0 Å². The molecule has 39 heavy (non-hydrogen) atoms. The quantitative estimate of drug-likeness (QED) is 0.348. The maximum atomic E-state index is 10.6. The van der Waals surface area contributed by atoms with Crippen LogP contribution in [0.25, 0.3) is 22.2 Å². The standard InChI is InChI=1S/C32H48N6O/c1-6-7-24(4)34-31-33-20-28-29(22-38(30(28)35-31)27-12-14-32(5,39)15-13-27)26-10-8-25(9-11-26)21-36-16-18-37(19-17-36)23(2)3/h8-11,20,22-24,27,39H,6-7,12-19,21H2,1-5H3,(H,33,34,35)/t24-,27-,32-/m1/s1. The first-order chi connectivity index (χ1) is 18.7. The summed E-state index contributed by atoms with van der Waals surface area (Å²) in [6.07, 6.45) is 10.0. The summed E-state index contributed by atoms with van der Waals surface area (Å²) < 4.78 is 2.36. The number of benzene rings is 1. The molecule has 0 amide bonds. The highest BCUT2D eigenvalue weighted by atomic mass is 16.3. The van der Waals surface area contributed by atoms with Crippen LogP contribution in [0.2, 0.25) is 0 Å². The molecule has 7 heteroatoms. The zero-order valence-corrected chi connectivity index (χ0v) is 24.7. The first-order valence-corrected chi connectivity index (χ1v) is 15.1. The predicted molar refractivity (Wildman–Crippen MR) is 161 cm³/mol. The van der Waals surface area contributed by atoms with Gasteiger partial charge in [0.2, 0.25) is 5.95 Å². The van der Waals surface area contributed by atoms with Gasteiger partial charge in [-0.15, -0.1) is 0 Å². The number of nitrogens with one attached hydrogen (secondary N) is 1. The number of fused-ring (bicyclic) bond motifs is 1. The van der Waals surface area contributed by atoms with Crippen LogP contribution in [0.15, 0.2) is 36.7 Å². The summed E-state index contributed by atoms with van der Waals surface area (Å²) in [7, 11) is 0. The van der Waals surface area contributed by atoms with Crippen molar-refractivity contribution in [2.24, 2.45) is 0 Å². The topological polar surface area (TPSA) is 69.5 Å². The molecule has 0 bridgehead atoms. The van der Waals surface area contributed by atoms with Crippen LogP contribution in [0.3, 0.4) is 0 Å². The molecule has 1 aliphatic carbocycles. The second kappa shape index (κ2) is 11.9. The Bertz CT molecular complexity index is 1220. The van der Waals surface area contributed by atoms with E-state index in [1.165, 1.54) is 16.7 Å². The highest BCUT2D eigenvalue weighted by Gasteiger charge is 2.31. The van der Waals surface area contributed by atoms with Gasteiger partial charge in [0.15, 0.2) is 0 Å². The van der Waals surface area contributed by atoms with Crippen LogP contribution in [-0.2, 0) is 6.54 Å². The molecular formula is C32H48N6O. The Labute approximate surface area is 234 Å². The predicted octanol–water partition coefficient (Wildman–Crippen LogP) is 6.09. The van der Waals surface area contributed by atoms with Gasteiger partial charge in [-0.25, -0.2) is 4.98 Å². The highest BCUT2D eigenvalue weighted by molar-refractivity contribution is 5.94. The number of rotatable bonds is 9. The van der Waals surface area contributed by atoms with E-state index < -0.39 is 5.60 Å². The molecule has 3 aromatic rings. The summed E-state index contributed by atoms with van der Waals surface area (Å²) in [5.41, 5.74) is 4.19. The van der Waals surface area contributed by atoms with Crippen LogP contribution in [0.5, 0.6) is 0 Å². The summed E-state index contributed by atoms with van der Waals surface area (Å²) in [6, 6.07) is 10.4. The number of hydrogen-bond donors (Lipinski definition) is 2. The molecule has 5 rings (SSSR count). The normalized spacial score (nSPS) is 23.9. The third kappa shape index (κ3) is 6.64. The van der Waals surface area contributed by atoms with E-state index in [1.807, 2.05) is 13.1 Å². The Morgan fingerprint density at radius 2 is 1.74 bits per heavy atom. The molecule has 1 saturated carbocycles. The monoisotopic (exact) mass is 532 g/mol. The third-order valence-electron chi connectivity index (χ3n) is 8.90. The molecule has 0 radical (unpaired) electrons. The Balaban J connectivity index is 1.39. The molecule has 2 N–H and O–H groups in total. The van der Waals surface area contributed by atoms with Crippen molar-refractivity contribution >= 4 is 17.0 Å². The summed E-state index contributed by atoms with van der Waals surface area (Å²) in [5.74, 6) is 0.699. The van der Waals surface area contributed by atoms with Crippen molar-refractivity contribution < 1.29 is 5.11 Å². The van der Waals surface area contributed by atoms with Crippen molar-refractivity contribution in [3.05, 3.63) is 42.2 Å². The Kier molecular flexibility index (Phi) is 8.60. The number of nitrogens with zero attached hydrogens (tertiary/aromatic N) is 5. The fraction of sp³-hybridized carbons (Fsp3) is 0.625. The van der Waals surface area contributed by atoms with Crippen molar-refractivity contribution in [3.63, 3.8) is 0 Å². The number of piperazine rings is 1. The molecule has 1 aromatic carbocycles. The van der Waals surface area contributed by atoms with E-state index in [9.17, 15) is 5.11 Å². The van der Waals surface area contributed by atoms with Gasteiger partial charge in [0, 0.05) is 74.2 Å². The average molecular weight is 533 g/mol. The molecule has 0 spiro atoms. The largest absolute Gasteiger partial charge is 0.390 e. The smallest absolute Gasteiger partial charge is 0.224 e. The van der Waals surface area contributed by atoms with Crippen LogP contribution >= 0.6 is 0 Å². The number of aromatic nitrogens is 3. The van der Waals surface area contributed by atoms with Crippen LogP contribution in [0.1, 0.15) is 84.7 Å². The second-order valence-corrected chi connectivity index (χ2v) is 12.5. The van der Waals surface area contributed by atoms with Crippen LogP contribution < -0.4 is 5.32 Å². The van der Waals surface area contributed by atoms with Crippen LogP contribution in [0, 0.1) is 0 Å². The molecule has 1 aliphatic heterocycles. The van der Waals surface area contributed by atoms with Crippen molar-refractivity contribution in [1.82, 2.24) is 24.3 Å². The Morgan fingerprint density at radius 1 is 1.05 bits per heavy atom. The van der Waals surface area contributed by atoms with E-state index in [-0.39, 0.29) is 0 Å². The van der Waals surface area contributed by atoms with E-state index in [2.05, 4.69) is 77.8 Å². The lowest BCUT2D eigenvalue weighted by molar-refractivity contribution is 0.0104. The van der Waals surface area contributed by atoms with Crippen LogP contribution in [0.4, 0.5) is 5.95 Å². The van der Waals surface area contributed by atoms with E-state index in [0.29, 0.717) is 24.1 Å². The summed E-state index contributed by atoms with van der Waals surface area (Å²) >= 11 is 0.